The summed E-state index contributed by atoms with van der Waals surface area (Å²) >= 11 is 9.59. The van der Waals surface area contributed by atoms with E-state index < -0.39 is 11.2 Å². The summed E-state index contributed by atoms with van der Waals surface area (Å²) in [6.45, 7) is 8.87. The maximum absolute atomic E-state index is 14.8. The molecule has 0 unspecified atom stereocenters. The Morgan fingerprint density at radius 2 is 1.45 bits per heavy atom. The van der Waals surface area contributed by atoms with Crippen molar-refractivity contribution in [2.45, 2.75) is 59.0 Å². The van der Waals surface area contributed by atoms with Crippen LogP contribution in [0, 0.1) is 0 Å². The second-order valence-electron chi connectivity index (χ2n) is 12.9. The second-order valence-corrected chi connectivity index (χ2v) is 14.2. The molecular weight excluding hydrogens is 837 g/mol. The van der Waals surface area contributed by atoms with Gasteiger partial charge in [-0.05, 0) is 79.0 Å². The minimum atomic E-state index is -1.53. The molecule has 13 nitrogen and oxygen atoms in total. The van der Waals surface area contributed by atoms with Crippen molar-refractivity contribution in [1.82, 2.24) is 19.7 Å². The minimum absolute atomic E-state index is 0.00772. The van der Waals surface area contributed by atoms with Crippen LogP contribution in [0.4, 0.5) is 10.1 Å². The first-order valence-electron chi connectivity index (χ1n) is 18.8. The monoisotopic (exact) mass is 879 g/mol. The van der Waals surface area contributed by atoms with Crippen molar-refractivity contribution >= 4 is 44.8 Å². The van der Waals surface area contributed by atoms with Gasteiger partial charge in [-0.3, -0.25) is 14.4 Å². The lowest BCUT2D eigenvalue weighted by Crippen LogP contribution is -2.40. The molecule has 16 heteroatoms. The predicted molar refractivity (Wildman–Crippen MR) is 222 cm³/mol. The summed E-state index contributed by atoms with van der Waals surface area (Å²) in [6.07, 6.45) is 6.14. The minimum Gasteiger partial charge on any atom is -0.494 e. The van der Waals surface area contributed by atoms with E-state index in [2.05, 4.69) is 36.3 Å². The molecule has 0 saturated carbocycles. The average molecular weight is 881 g/mol. The fraction of sp³-hybridized carbons (Fsp3) is 0.333. The summed E-state index contributed by atoms with van der Waals surface area (Å²) in [4.78, 5) is 45.6. The van der Waals surface area contributed by atoms with Crippen molar-refractivity contribution in [3.63, 3.8) is 0 Å². The molecule has 5 aromatic rings. The third-order valence-corrected chi connectivity index (χ3v) is 9.49. The van der Waals surface area contributed by atoms with Gasteiger partial charge in [0.1, 0.15) is 28.0 Å². The van der Waals surface area contributed by atoms with Gasteiger partial charge in [0.15, 0.2) is 17.2 Å². The number of ketones is 2. The van der Waals surface area contributed by atoms with E-state index in [1.54, 1.807) is 67.7 Å². The first kappa shape index (κ1) is 43.7. The summed E-state index contributed by atoms with van der Waals surface area (Å²) in [5, 5.41) is 6.91. The Bertz CT molecular complexity index is 2240. The molecule has 1 fully saturated rings. The Kier molecular flexibility index (Phi) is 15.7. The van der Waals surface area contributed by atoms with Crippen molar-refractivity contribution in [3.8, 4) is 40.4 Å². The van der Waals surface area contributed by atoms with Crippen molar-refractivity contribution in [2.24, 2.45) is 0 Å². The lowest BCUT2D eigenvalue weighted by Gasteiger charge is -2.29. The predicted octanol–water partition coefficient (Wildman–Crippen LogP) is 9.62. The number of rotatable bonds is 16. The molecule has 0 bridgehead atoms. The molecule has 6 rings (SSSR count). The van der Waals surface area contributed by atoms with Crippen LogP contribution in [-0.4, -0.2) is 70.0 Å². The quantitative estimate of drug-likeness (QED) is 0.0940. The highest BCUT2D eigenvalue weighted by molar-refractivity contribution is 9.10. The number of ether oxygens (including phenoxy) is 5. The topological polar surface area (TPSA) is 153 Å². The second kappa shape index (κ2) is 20.9. The van der Waals surface area contributed by atoms with Crippen molar-refractivity contribution < 1.29 is 37.7 Å². The molecule has 2 aromatic carbocycles. The fourth-order valence-corrected chi connectivity index (χ4v) is 6.12. The highest BCUT2D eigenvalue weighted by Crippen LogP contribution is 2.32. The van der Waals surface area contributed by atoms with Crippen LogP contribution in [0.5, 0.6) is 34.8 Å². The van der Waals surface area contributed by atoms with Gasteiger partial charge in [-0.25, -0.2) is 14.4 Å². The van der Waals surface area contributed by atoms with Gasteiger partial charge in [0.2, 0.25) is 11.8 Å². The van der Waals surface area contributed by atoms with Crippen LogP contribution in [0.25, 0.3) is 5.69 Å². The Labute approximate surface area is 348 Å². The van der Waals surface area contributed by atoms with Crippen LogP contribution in [0.2, 0.25) is 5.02 Å². The van der Waals surface area contributed by atoms with Gasteiger partial charge in [0, 0.05) is 54.4 Å². The normalized spacial score (nSPS) is 14.7. The summed E-state index contributed by atoms with van der Waals surface area (Å²) < 4.78 is 44.6. The molecule has 1 N–H and O–H groups in total. The number of hydrogen-bond donors (Lipinski definition) is 1. The number of aromatic nitrogens is 4. The van der Waals surface area contributed by atoms with Crippen LogP contribution >= 0.6 is 27.5 Å². The smallest absolute Gasteiger partial charge is 0.292 e. The Hall–Kier alpha value is -5.38. The van der Waals surface area contributed by atoms with Gasteiger partial charge in [0.05, 0.1) is 61.3 Å². The number of nitrogens with zero attached hydrogens (tertiary/aromatic N) is 4. The van der Waals surface area contributed by atoms with E-state index in [0.717, 1.165) is 9.15 Å². The van der Waals surface area contributed by atoms with Gasteiger partial charge in [-0.15, -0.1) is 0 Å². The molecule has 0 amide bonds. The van der Waals surface area contributed by atoms with Crippen LogP contribution in [0.3, 0.4) is 0 Å². The van der Waals surface area contributed by atoms with E-state index in [1.807, 2.05) is 26.8 Å². The largest absolute Gasteiger partial charge is 0.494 e. The van der Waals surface area contributed by atoms with Crippen LogP contribution in [-0.2, 0) is 4.74 Å². The van der Waals surface area contributed by atoms with E-state index in [1.165, 1.54) is 12.4 Å². The van der Waals surface area contributed by atoms with Crippen LogP contribution < -0.4 is 29.8 Å². The highest BCUT2D eigenvalue weighted by atomic mass is 79.9. The molecule has 1 atom stereocenters. The number of Topliss-reactive ketones (excluding diaryl/α,β-unsaturated/α-hetero) is 2. The SMILES string of the molecule is CCOc1ccc(C(=O)CC)c(Oc2ccc(-n3ncc(NC[C@@]4(F)CCCOC4)c(Cl)c3=O)cn2)c1.CCOc1ccc(C(=O)CC)c(Oc2ccc(Br)cn2)c1. The molecule has 0 aliphatic carbocycles. The molecule has 0 spiro atoms. The molecule has 306 valence electrons. The molecule has 0 radical (unpaired) electrons. The summed E-state index contributed by atoms with van der Waals surface area (Å²) in [7, 11) is 0. The Morgan fingerprint density at radius 3 is 1.93 bits per heavy atom. The molecule has 58 heavy (non-hydrogen) atoms. The zero-order chi connectivity index (χ0) is 41.7. The fourth-order valence-electron chi connectivity index (χ4n) is 5.69. The lowest BCUT2D eigenvalue weighted by molar-refractivity contribution is -0.0234. The summed E-state index contributed by atoms with van der Waals surface area (Å²) in [5.74, 6) is 2.59. The van der Waals surface area contributed by atoms with E-state index in [4.69, 9.17) is 35.3 Å². The van der Waals surface area contributed by atoms with Gasteiger partial charge < -0.3 is 29.0 Å². The Morgan fingerprint density at radius 1 is 0.862 bits per heavy atom. The zero-order valence-electron chi connectivity index (χ0n) is 32.6. The number of benzene rings is 2. The average Bonchev–Trinajstić information content (AvgIpc) is 3.23. The number of anilines is 1. The van der Waals surface area contributed by atoms with Crippen molar-refractivity contribution in [3.05, 3.63) is 110 Å². The molecular formula is C42H44BrClFN5O8. The maximum Gasteiger partial charge on any atom is 0.292 e. The molecule has 1 aliphatic rings. The number of pyridine rings is 2. The number of hydrogen-bond acceptors (Lipinski definition) is 12. The van der Waals surface area contributed by atoms with Gasteiger partial charge in [-0.1, -0.05) is 25.4 Å². The van der Waals surface area contributed by atoms with Gasteiger partial charge in [0.25, 0.3) is 5.56 Å². The van der Waals surface area contributed by atoms with Crippen molar-refractivity contribution in [2.75, 3.05) is 38.3 Å². The third-order valence-electron chi connectivity index (χ3n) is 8.65. The summed E-state index contributed by atoms with van der Waals surface area (Å²) in [6, 6.07) is 16.9. The van der Waals surface area contributed by atoms with E-state index in [0.29, 0.717) is 91.2 Å². The first-order valence-corrected chi connectivity index (χ1v) is 20.0. The third kappa shape index (κ3) is 11.6. The van der Waals surface area contributed by atoms with E-state index >= 15 is 0 Å². The van der Waals surface area contributed by atoms with Crippen LogP contribution in [0.1, 0.15) is 74.1 Å². The molecule has 4 heterocycles. The van der Waals surface area contributed by atoms with Gasteiger partial charge >= 0.3 is 0 Å². The number of carbonyl (C=O) groups excluding carboxylic acids is 2. The zero-order valence-corrected chi connectivity index (χ0v) is 34.9. The van der Waals surface area contributed by atoms with Crippen molar-refractivity contribution in [1.29, 1.82) is 0 Å². The number of alkyl halides is 1. The number of halogens is 3. The maximum atomic E-state index is 14.8. The molecule has 3 aromatic heterocycles. The van der Waals surface area contributed by atoms with E-state index in [-0.39, 0.29) is 41.3 Å². The standard InChI is InChI=1S/C26H28ClFN4O5.C16H16BrNO3/c1-3-21(33)19-8-7-18(36-4-2)12-22(19)37-23-9-6-17(13-29-23)32-25(34)24(27)20(14-31-32)30-15-26(28)10-5-11-35-16-26;1-3-14(19)13-7-6-12(20-4-2)9-15(13)21-16-8-5-11(17)10-18-16/h6-9,12-14,30H,3-5,10-11,15-16H2,1-2H3;5-10H,3-4H2,1-2H3/t26-;/m0./s1. The van der Waals surface area contributed by atoms with E-state index in [9.17, 15) is 18.8 Å². The summed E-state index contributed by atoms with van der Waals surface area (Å²) in [5.41, 5.74) is -0.581. The molecule has 1 aliphatic heterocycles. The lowest BCUT2D eigenvalue weighted by atomic mass is 9.99. The number of nitrogens with one attached hydrogen (secondary N) is 1. The Balaban J connectivity index is 0.000000258. The first-order chi connectivity index (χ1) is 28.0. The highest BCUT2D eigenvalue weighted by Gasteiger charge is 2.33. The number of carbonyl (C=O) groups is 2. The van der Waals surface area contributed by atoms with Crippen LogP contribution in [0.15, 0.2) is 88.5 Å². The van der Waals surface area contributed by atoms with Gasteiger partial charge in [-0.2, -0.15) is 9.78 Å². The molecule has 1 saturated heterocycles.